The molecule has 1 aliphatic rings. The molecule has 2 aromatic rings. The molecular formula is C16H13F3N2O3. The molecule has 5 nitrogen and oxygen atoms in total. The lowest BCUT2D eigenvalue weighted by Gasteiger charge is -2.26. The van der Waals surface area contributed by atoms with Gasteiger partial charge in [0.05, 0.1) is 19.3 Å². The maximum absolute atomic E-state index is 12.5. The Hall–Kier alpha value is -2.61. The molecule has 1 saturated heterocycles. The molecule has 24 heavy (non-hydrogen) atoms. The molecule has 2 heterocycles. The topological polar surface area (TPSA) is 60.5 Å². The minimum Gasteiger partial charge on any atom is -0.405 e. The van der Waals surface area contributed by atoms with E-state index in [-0.39, 0.29) is 29.0 Å². The summed E-state index contributed by atoms with van der Waals surface area (Å²) in [7, 11) is 0. The summed E-state index contributed by atoms with van der Waals surface area (Å²) in [5, 5.41) is 2.73. The summed E-state index contributed by atoms with van der Waals surface area (Å²) >= 11 is 0. The van der Waals surface area contributed by atoms with Gasteiger partial charge < -0.3 is 14.8 Å². The van der Waals surface area contributed by atoms with Gasteiger partial charge in [0.1, 0.15) is 11.4 Å². The lowest BCUT2D eigenvalue weighted by atomic mass is 10.1. The number of carbonyl (C=O) groups excluding carboxylic acids is 1. The summed E-state index contributed by atoms with van der Waals surface area (Å²) in [6.45, 7) is 0.929. The molecule has 1 aromatic carbocycles. The zero-order valence-electron chi connectivity index (χ0n) is 12.3. The molecular weight excluding hydrogens is 325 g/mol. The van der Waals surface area contributed by atoms with Crippen LogP contribution in [0.15, 0.2) is 42.6 Å². The molecule has 0 saturated carbocycles. The maximum Gasteiger partial charge on any atom is 0.573 e. The van der Waals surface area contributed by atoms with E-state index in [1.54, 1.807) is 6.07 Å². The van der Waals surface area contributed by atoms with E-state index in [0.29, 0.717) is 18.8 Å². The number of rotatable bonds is 4. The summed E-state index contributed by atoms with van der Waals surface area (Å²) in [5.41, 5.74) is 0.833. The second-order valence-corrected chi connectivity index (χ2v) is 5.18. The van der Waals surface area contributed by atoms with Gasteiger partial charge in [0, 0.05) is 17.3 Å². The number of hydrogen-bond acceptors (Lipinski definition) is 4. The zero-order valence-corrected chi connectivity index (χ0v) is 12.3. The monoisotopic (exact) mass is 338 g/mol. The van der Waals surface area contributed by atoms with Gasteiger partial charge in [-0.3, -0.25) is 9.78 Å². The second kappa shape index (κ2) is 6.48. The standard InChI is InChI=1S/C16H13F3N2O3/c17-16(18,19)24-14-4-2-1-3-12(14)10-5-6-13(20-7-10)15(22)21-11-8-23-9-11/h1-7,11H,8-9H2,(H,21,22). The van der Waals surface area contributed by atoms with Crippen LogP contribution < -0.4 is 10.1 Å². The van der Waals surface area contributed by atoms with Crippen LogP contribution in [0.25, 0.3) is 11.1 Å². The van der Waals surface area contributed by atoms with Crippen LogP contribution in [0, 0.1) is 0 Å². The van der Waals surface area contributed by atoms with Gasteiger partial charge in [-0.05, 0) is 12.1 Å². The molecule has 1 fully saturated rings. The van der Waals surface area contributed by atoms with Crippen LogP contribution in [0.1, 0.15) is 10.5 Å². The van der Waals surface area contributed by atoms with Crippen molar-refractivity contribution in [1.82, 2.24) is 10.3 Å². The number of halogens is 3. The fraction of sp³-hybridized carbons (Fsp3) is 0.250. The molecule has 1 aromatic heterocycles. The van der Waals surface area contributed by atoms with Crippen LogP contribution in [-0.2, 0) is 4.74 Å². The van der Waals surface area contributed by atoms with E-state index in [4.69, 9.17) is 4.74 Å². The van der Waals surface area contributed by atoms with E-state index in [1.165, 1.54) is 36.5 Å². The Bertz CT molecular complexity index is 728. The number of para-hydroxylation sites is 1. The van der Waals surface area contributed by atoms with Crippen molar-refractivity contribution in [2.75, 3.05) is 13.2 Å². The molecule has 126 valence electrons. The van der Waals surface area contributed by atoms with Gasteiger partial charge in [-0.1, -0.05) is 24.3 Å². The predicted octanol–water partition coefficient (Wildman–Crippen LogP) is 2.78. The largest absolute Gasteiger partial charge is 0.573 e. The van der Waals surface area contributed by atoms with Gasteiger partial charge in [-0.25, -0.2) is 0 Å². The molecule has 0 radical (unpaired) electrons. The van der Waals surface area contributed by atoms with Crippen LogP contribution >= 0.6 is 0 Å². The van der Waals surface area contributed by atoms with Crippen molar-refractivity contribution in [2.45, 2.75) is 12.4 Å². The Morgan fingerprint density at radius 1 is 1.21 bits per heavy atom. The van der Waals surface area contributed by atoms with Crippen LogP contribution in [0.3, 0.4) is 0 Å². The van der Waals surface area contributed by atoms with E-state index in [0.717, 1.165) is 0 Å². The first-order valence-corrected chi connectivity index (χ1v) is 7.12. The van der Waals surface area contributed by atoms with Crippen molar-refractivity contribution in [3.63, 3.8) is 0 Å². The molecule has 0 aliphatic carbocycles. The van der Waals surface area contributed by atoms with Crippen LogP contribution in [0.2, 0.25) is 0 Å². The SMILES string of the molecule is O=C(NC1COC1)c1ccc(-c2ccccc2OC(F)(F)F)cn1. The molecule has 0 unspecified atom stereocenters. The molecule has 8 heteroatoms. The van der Waals surface area contributed by atoms with Crippen molar-refractivity contribution >= 4 is 5.91 Å². The van der Waals surface area contributed by atoms with Crippen molar-refractivity contribution < 1.29 is 27.4 Å². The van der Waals surface area contributed by atoms with E-state index < -0.39 is 6.36 Å². The van der Waals surface area contributed by atoms with Gasteiger partial charge >= 0.3 is 6.36 Å². The number of nitrogens with one attached hydrogen (secondary N) is 1. The summed E-state index contributed by atoms with van der Waals surface area (Å²) in [6.07, 6.45) is -3.45. The highest BCUT2D eigenvalue weighted by molar-refractivity contribution is 5.92. The first-order valence-electron chi connectivity index (χ1n) is 7.12. The second-order valence-electron chi connectivity index (χ2n) is 5.18. The lowest BCUT2D eigenvalue weighted by Crippen LogP contribution is -2.48. The fourth-order valence-corrected chi connectivity index (χ4v) is 2.18. The van der Waals surface area contributed by atoms with Gasteiger partial charge in [0.15, 0.2) is 0 Å². The normalized spacial score (nSPS) is 14.8. The summed E-state index contributed by atoms with van der Waals surface area (Å²) in [4.78, 5) is 16.0. The number of alkyl halides is 3. The minimum atomic E-state index is -4.78. The molecule has 0 atom stereocenters. The average molecular weight is 338 g/mol. The number of benzene rings is 1. The van der Waals surface area contributed by atoms with Crippen molar-refractivity contribution in [2.24, 2.45) is 0 Å². The van der Waals surface area contributed by atoms with Gasteiger partial charge in [-0.2, -0.15) is 0 Å². The summed E-state index contributed by atoms with van der Waals surface area (Å²) in [5.74, 6) is -0.676. The Labute approximate surface area is 135 Å². The van der Waals surface area contributed by atoms with Crippen LogP contribution in [0.5, 0.6) is 5.75 Å². The highest BCUT2D eigenvalue weighted by Gasteiger charge is 2.32. The van der Waals surface area contributed by atoms with E-state index in [2.05, 4.69) is 15.0 Å². The third kappa shape index (κ3) is 3.83. The number of ether oxygens (including phenoxy) is 2. The Balaban J connectivity index is 1.79. The Morgan fingerprint density at radius 3 is 2.54 bits per heavy atom. The first kappa shape index (κ1) is 16.3. The van der Waals surface area contributed by atoms with Gasteiger partial charge in [0.2, 0.25) is 0 Å². The third-order valence-electron chi connectivity index (χ3n) is 3.39. The highest BCUT2D eigenvalue weighted by atomic mass is 19.4. The summed E-state index contributed by atoms with van der Waals surface area (Å²) < 4.78 is 46.4. The molecule has 1 N–H and O–H groups in total. The van der Waals surface area contributed by atoms with Crippen molar-refractivity contribution in [3.8, 4) is 16.9 Å². The molecule has 3 rings (SSSR count). The highest BCUT2D eigenvalue weighted by Crippen LogP contribution is 2.33. The fourth-order valence-electron chi connectivity index (χ4n) is 2.18. The lowest BCUT2D eigenvalue weighted by molar-refractivity contribution is -0.274. The van der Waals surface area contributed by atoms with E-state index >= 15 is 0 Å². The number of amides is 1. The smallest absolute Gasteiger partial charge is 0.405 e. The molecule has 0 spiro atoms. The Kier molecular flexibility index (Phi) is 4.39. The minimum absolute atomic E-state index is 0.0279. The van der Waals surface area contributed by atoms with Gasteiger partial charge in [0.25, 0.3) is 5.91 Å². The van der Waals surface area contributed by atoms with Crippen molar-refractivity contribution in [1.29, 1.82) is 0 Å². The van der Waals surface area contributed by atoms with Gasteiger partial charge in [-0.15, -0.1) is 13.2 Å². The first-order chi connectivity index (χ1) is 11.4. The van der Waals surface area contributed by atoms with Crippen LogP contribution in [0.4, 0.5) is 13.2 Å². The number of aromatic nitrogens is 1. The predicted molar refractivity (Wildman–Crippen MR) is 78.4 cm³/mol. The van der Waals surface area contributed by atoms with Crippen LogP contribution in [-0.4, -0.2) is 36.5 Å². The van der Waals surface area contributed by atoms with E-state index in [1.807, 2.05) is 0 Å². The zero-order chi connectivity index (χ0) is 17.2. The van der Waals surface area contributed by atoms with Crippen molar-refractivity contribution in [3.05, 3.63) is 48.3 Å². The third-order valence-corrected chi connectivity index (χ3v) is 3.39. The number of nitrogens with zero attached hydrogens (tertiary/aromatic N) is 1. The number of carbonyl (C=O) groups is 1. The number of pyridine rings is 1. The number of hydrogen-bond donors (Lipinski definition) is 1. The Morgan fingerprint density at radius 2 is 1.96 bits per heavy atom. The quantitative estimate of drug-likeness (QED) is 0.931. The average Bonchev–Trinajstić information content (AvgIpc) is 2.50. The molecule has 1 amide bonds. The maximum atomic E-state index is 12.5. The molecule has 1 aliphatic heterocycles. The molecule has 0 bridgehead atoms. The van der Waals surface area contributed by atoms with E-state index in [9.17, 15) is 18.0 Å². The summed E-state index contributed by atoms with van der Waals surface area (Å²) in [6, 6.07) is 8.70.